The highest BCUT2D eigenvalue weighted by atomic mass is 19.1. The number of hydrogen-bond acceptors (Lipinski definition) is 3. The molecule has 4 rings (SSSR count). The number of carbonyl (C=O) groups is 2. The number of amides is 2. The summed E-state index contributed by atoms with van der Waals surface area (Å²) in [7, 11) is 0. The van der Waals surface area contributed by atoms with Gasteiger partial charge in [-0.15, -0.1) is 0 Å². The Balaban J connectivity index is 1.60. The molecule has 0 saturated heterocycles. The van der Waals surface area contributed by atoms with Crippen LogP contribution in [0.5, 0.6) is 0 Å². The fourth-order valence-corrected chi connectivity index (χ4v) is 3.88. The summed E-state index contributed by atoms with van der Waals surface area (Å²) < 4.78 is 16.2. The van der Waals surface area contributed by atoms with Crippen molar-refractivity contribution in [1.82, 2.24) is 15.1 Å². The van der Waals surface area contributed by atoms with Crippen LogP contribution in [0.25, 0.3) is 5.69 Å². The third-order valence-corrected chi connectivity index (χ3v) is 5.72. The smallest absolute Gasteiger partial charge is 0.254 e. The van der Waals surface area contributed by atoms with Gasteiger partial charge in [-0.05, 0) is 74.6 Å². The normalized spacial score (nSPS) is 15.5. The lowest BCUT2D eigenvalue weighted by atomic mass is 9.92. The number of halogens is 1. The molecule has 0 unspecified atom stereocenters. The van der Waals surface area contributed by atoms with E-state index in [2.05, 4.69) is 36.4 Å². The zero-order valence-electron chi connectivity index (χ0n) is 16.9. The number of aryl methyl sites for hydroxylation is 2. The molecular weight excluding hydrogens is 383 g/mol. The predicted molar refractivity (Wildman–Crippen MR) is 111 cm³/mol. The summed E-state index contributed by atoms with van der Waals surface area (Å²) >= 11 is 0. The van der Waals surface area contributed by atoms with Gasteiger partial charge in [0.15, 0.2) is 0 Å². The summed E-state index contributed by atoms with van der Waals surface area (Å²) in [5, 5.41) is 7.48. The molecule has 2 aromatic carbocycles. The quantitative estimate of drug-likeness (QED) is 0.694. The molecule has 7 heteroatoms. The van der Waals surface area contributed by atoms with Crippen LogP contribution in [0.2, 0.25) is 0 Å². The van der Waals surface area contributed by atoms with Gasteiger partial charge in [-0.25, -0.2) is 9.07 Å². The second-order valence-electron chi connectivity index (χ2n) is 7.70. The van der Waals surface area contributed by atoms with Crippen molar-refractivity contribution in [2.24, 2.45) is 5.73 Å². The Labute approximate surface area is 173 Å². The molecule has 3 aromatic rings. The molecule has 0 radical (unpaired) electrons. The zero-order valence-corrected chi connectivity index (χ0v) is 16.9. The molecule has 0 spiro atoms. The van der Waals surface area contributed by atoms with Gasteiger partial charge in [0.2, 0.25) is 5.91 Å². The van der Waals surface area contributed by atoms with E-state index in [1.807, 2.05) is 10.7 Å². The van der Waals surface area contributed by atoms with Crippen molar-refractivity contribution in [3.8, 4) is 5.69 Å². The number of carbonyl (C=O) groups excluding carboxylic acids is 2. The minimum absolute atomic E-state index is 0.0265. The number of nitrogens with two attached hydrogens (primary N) is 1. The van der Waals surface area contributed by atoms with Crippen LogP contribution < -0.4 is 11.1 Å². The van der Waals surface area contributed by atoms with E-state index < -0.39 is 17.6 Å². The Kier molecular flexibility index (Phi) is 5.11. The van der Waals surface area contributed by atoms with E-state index in [0.29, 0.717) is 0 Å². The lowest BCUT2D eigenvalue weighted by Crippen LogP contribution is -2.31. The Hall–Kier alpha value is -3.48. The predicted octanol–water partition coefficient (Wildman–Crippen LogP) is 3.53. The van der Waals surface area contributed by atoms with Crippen LogP contribution in [-0.4, -0.2) is 21.6 Å². The molecule has 1 aromatic heterocycles. The largest absolute Gasteiger partial charge is 0.366 e. The van der Waals surface area contributed by atoms with Crippen LogP contribution in [0.3, 0.4) is 0 Å². The van der Waals surface area contributed by atoms with Crippen molar-refractivity contribution >= 4 is 11.8 Å². The summed E-state index contributed by atoms with van der Waals surface area (Å²) in [6.07, 6.45) is 4.27. The van der Waals surface area contributed by atoms with Crippen LogP contribution in [0.1, 0.15) is 62.0 Å². The number of hydrogen-bond donors (Lipinski definition) is 2. The molecule has 1 heterocycles. The fourth-order valence-electron chi connectivity index (χ4n) is 3.88. The topological polar surface area (TPSA) is 90.0 Å². The van der Waals surface area contributed by atoms with Gasteiger partial charge in [0.1, 0.15) is 5.82 Å². The van der Waals surface area contributed by atoms with Gasteiger partial charge in [0.25, 0.3) is 5.91 Å². The van der Waals surface area contributed by atoms with E-state index in [1.54, 1.807) is 6.20 Å². The van der Waals surface area contributed by atoms with Crippen LogP contribution in [0.15, 0.2) is 42.6 Å². The highest BCUT2D eigenvalue weighted by Gasteiger charge is 2.27. The standard InChI is InChI=1S/C23H23FN4O2/c1-13-6-8-16(10-14(13)2)28-21-5-3-4-20(18(21)12-26-28)27-23(30)17-9-7-15(22(25)29)11-19(17)24/h6-12,20H,3-5H2,1-2H3,(H2,25,29)(H,27,30)/t20-/m0/s1. The molecule has 0 saturated carbocycles. The summed E-state index contributed by atoms with van der Waals surface area (Å²) in [6.45, 7) is 4.13. The maximum absolute atomic E-state index is 14.3. The van der Waals surface area contributed by atoms with Gasteiger partial charge in [-0.1, -0.05) is 6.07 Å². The lowest BCUT2D eigenvalue weighted by molar-refractivity contribution is 0.0926. The molecule has 0 aliphatic heterocycles. The van der Waals surface area contributed by atoms with Gasteiger partial charge in [-0.3, -0.25) is 9.59 Å². The van der Waals surface area contributed by atoms with Gasteiger partial charge in [0.05, 0.1) is 23.5 Å². The molecule has 2 amide bonds. The first-order valence-corrected chi connectivity index (χ1v) is 9.90. The lowest BCUT2D eigenvalue weighted by Gasteiger charge is -2.24. The van der Waals surface area contributed by atoms with E-state index in [9.17, 15) is 14.0 Å². The first-order valence-electron chi connectivity index (χ1n) is 9.90. The highest BCUT2D eigenvalue weighted by molar-refractivity contribution is 5.97. The van der Waals surface area contributed by atoms with Crippen LogP contribution in [0, 0.1) is 19.7 Å². The number of benzene rings is 2. The highest BCUT2D eigenvalue weighted by Crippen LogP contribution is 2.31. The first-order chi connectivity index (χ1) is 14.3. The Morgan fingerprint density at radius 2 is 1.97 bits per heavy atom. The molecular formula is C23H23FN4O2. The molecule has 1 aliphatic rings. The van der Waals surface area contributed by atoms with Crippen LogP contribution >= 0.6 is 0 Å². The number of fused-ring (bicyclic) bond motifs is 1. The second-order valence-corrected chi connectivity index (χ2v) is 7.70. The number of rotatable bonds is 4. The minimum Gasteiger partial charge on any atom is -0.366 e. The van der Waals surface area contributed by atoms with E-state index in [4.69, 9.17) is 5.73 Å². The molecule has 6 nitrogen and oxygen atoms in total. The van der Waals surface area contributed by atoms with Crippen LogP contribution in [0.4, 0.5) is 4.39 Å². The molecule has 1 atom stereocenters. The van der Waals surface area contributed by atoms with Crippen molar-refractivity contribution in [1.29, 1.82) is 0 Å². The molecule has 30 heavy (non-hydrogen) atoms. The molecule has 1 aliphatic carbocycles. The van der Waals surface area contributed by atoms with Gasteiger partial charge >= 0.3 is 0 Å². The van der Waals surface area contributed by atoms with E-state index in [0.717, 1.165) is 42.3 Å². The van der Waals surface area contributed by atoms with Crippen molar-refractivity contribution < 1.29 is 14.0 Å². The molecule has 154 valence electrons. The summed E-state index contributed by atoms with van der Waals surface area (Å²) in [4.78, 5) is 23.9. The Bertz CT molecular complexity index is 1150. The number of nitrogens with zero attached hydrogens (tertiary/aromatic N) is 2. The summed E-state index contributed by atoms with van der Waals surface area (Å²) in [6, 6.07) is 9.57. The first kappa shape index (κ1) is 19.8. The average Bonchev–Trinajstić information content (AvgIpc) is 3.15. The zero-order chi connectivity index (χ0) is 21.4. The molecule has 0 fully saturated rings. The maximum atomic E-state index is 14.3. The fraction of sp³-hybridized carbons (Fsp3) is 0.261. The van der Waals surface area contributed by atoms with Gasteiger partial charge in [0, 0.05) is 16.8 Å². The van der Waals surface area contributed by atoms with E-state index >= 15 is 0 Å². The minimum atomic E-state index is -0.773. The third kappa shape index (κ3) is 3.58. The number of aromatic nitrogens is 2. The van der Waals surface area contributed by atoms with E-state index in [-0.39, 0.29) is 17.2 Å². The van der Waals surface area contributed by atoms with Crippen molar-refractivity contribution in [2.75, 3.05) is 0 Å². The van der Waals surface area contributed by atoms with Crippen LogP contribution in [-0.2, 0) is 6.42 Å². The van der Waals surface area contributed by atoms with Gasteiger partial charge < -0.3 is 11.1 Å². The van der Waals surface area contributed by atoms with Gasteiger partial charge in [-0.2, -0.15) is 5.10 Å². The Morgan fingerprint density at radius 1 is 1.17 bits per heavy atom. The van der Waals surface area contributed by atoms with Crippen molar-refractivity contribution in [2.45, 2.75) is 39.2 Å². The average molecular weight is 406 g/mol. The van der Waals surface area contributed by atoms with Crippen molar-refractivity contribution in [3.63, 3.8) is 0 Å². The summed E-state index contributed by atoms with van der Waals surface area (Å²) in [5.41, 5.74) is 10.5. The summed E-state index contributed by atoms with van der Waals surface area (Å²) in [5.74, 6) is -2.04. The Morgan fingerprint density at radius 3 is 2.67 bits per heavy atom. The number of nitrogens with one attached hydrogen (secondary N) is 1. The SMILES string of the molecule is Cc1ccc(-n2ncc3c2CCC[C@@H]3NC(=O)c2ccc(C(N)=O)cc2F)cc1C. The second kappa shape index (κ2) is 7.74. The van der Waals surface area contributed by atoms with E-state index in [1.165, 1.54) is 23.3 Å². The monoisotopic (exact) mass is 406 g/mol. The van der Waals surface area contributed by atoms with Crippen molar-refractivity contribution in [3.05, 3.63) is 81.9 Å². The third-order valence-electron chi connectivity index (χ3n) is 5.72. The molecule has 3 N–H and O–H groups in total. The number of primary amides is 1. The maximum Gasteiger partial charge on any atom is 0.254 e. The molecule has 0 bridgehead atoms.